The Morgan fingerprint density at radius 1 is 0.547 bits per heavy atom. The minimum Gasteiger partial charge on any atom is -0.508 e. The molecule has 0 aliphatic carbocycles. The SMILES string of the molecule is CO[C@H]1O[C@H](Cn2cc(C[C@@H]3NC(=O)[C@H](C(C)C(N)=O)NC(=O)[C@@H](Cc4ccccc4)NC(=O)[C@H](Cc4ccccc4)NC(=O)[C@@H]4CCCN4C(=O)[C@@H](Cc4ccccc4)NC(=O)[C@H](CC(C)C)NC(=O)[C@H](CCCN)NC(=O)[C@H](C(C)C)NC(=O)[C@H](Cc4ccc(O)cc4)NC3=O)nn2)[C@@H](O)[C@H](O)[C@H]1O. The molecule has 32 heteroatoms. The molecule has 4 heterocycles. The number of phenolic OH excluding ortho intramolecular Hbond substituents is 1. The summed E-state index contributed by atoms with van der Waals surface area (Å²) < 4.78 is 12.0. The van der Waals surface area contributed by atoms with Crippen molar-refractivity contribution in [2.24, 2.45) is 29.2 Å². The Morgan fingerprint density at radius 3 is 1.51 bits per heavy atom. The van der Waals surface area contributed by atoms with Gasteiger partial charge in [-0.1, -0.05) is 143 Å². The molecule has 106 heavy (non-hydrogen) atoms. The van der Waals surface area contributed by atoms with Gasteiger partial charge < -0.3 is 94.1 Å². The van der Waals surface area contributed by atoms with Crippen molar-refractivity contribution in [3.63, 3.8) is 0 Å². The van der Waals surface area contributed by atoms with Crippen LogP contribution in [0.25, 0.3) is 0 Å². The summed E-state index contributed by atoms with van der Waals surface area (Å²) in [5.74, 6) is -12.9. The molecule has 3 aliphatic heterocycles. The number of amides is 11. The maximum atomic E-state index is 15.4. The Hall–Kier alpha value is -10.2. The third kappa shape index (κ3) is 22.6. The number of nitrogens with two attached hydrogens (primary N) is 2. The molecule has 3 aliphatic rings. The molecule has 0 spiro atoms. The van der Waals surface area contributed by atoms with Crippen molar-refractivity contribution in [3.8, 4) is 5.75 Å². The molecule has 0 bridgehead atoms. The molecule has 0 radical (unpaired) electrons. The van der Waals surface area contributed by atoms with Crippen LogP contribution in [-0.4, -0.2) is 217 Å². The minimum absolute atomic E-state index is 0.0418. The number of nitrogens with one attached hydrogen (secondary N) is 9. The number of primary amides is 1. The molecule has 11 amide bonds. The van der Waals surface area contributed by atoms with Gasteiger partial charge in [-0.3, -0.25) is 52.7 Å². The molecule has 16 atom stereocenters. The number of aliphatic hydroxyl groups excluding tert-OH is 3. The number of carbonyl (C=O) groups excluding carboxylic acids is 11. The standard InChI is InChI=1S/C74H99N15O17/c1-40(2)32-50-65(96)83-55(36-45-22-14-9-15-23-45)73(104)89-31-17-25-56(89)70(101)81-51(33-43-18-10-7-11-19-43)66(97)79-52(34-44-20-12-8-13-21-44)69(100)85-59(42(5)63(76)94)72(103)82-54(37-47-38-88(87-86-47)39-57-60(91)61(92)62(93)74(105-6)106-57)67(98)80-53(35-46-26-28-48(90)29-27-46)68(99)84-58(41(3)4)71(102)77-49(24-16-30-75)64(95)78-50/h7-15,18-23,26-29,38,40-42,49-62,74,90-93H,16-17,24-25,30-37,39,75H2,1-6H3,(H2,76,94)(H,77,102)(H,78,95)(H,79,97)(H,80,98)(H,81,101)(H,82,103)(H,83,96)(H,84,99)(H,85,100)/t42?,49-,50-,51-,52+,53-,54-,55+,56-,57+,58-,59-,60+,61-,62+,74-/m0/s1. The summed E-state index contributed by atoms with van der Waals surface area (Å²) in [6.45, 7) is 7.88. The average Bonchev–Trinajstić information content (AvgIpc) is 1.29. The van der Waals surface area contributed by atoms with E-state index >= 15 is 33.6 Å². The molecule has 0 saturated carbocycles. The van der Waals surface area contributed by atoms with E-state index in [1.54, 1.807) is 105 Å². The zero-order chi connectivity index (χ0) is 76.9. The van der Waals surface area contributed by atoms with Crippen molar-refractivity contribution >= 4 is 65.0 Å². The van der Waals surface area contributed by atoms with E-state index in [-0.39, 0.29) is 88.4 Å². The van der Waals surface area contributed by atoms with Gasteiger partial charge in [0.2, 0.25) is 65.0 Å². The van der Waals surface area contributed by atoms with Crippen LogP contribution in [0.1, 0.15) is 94.7 Å². The maximum Gasteiger partial charge on any atom is 0.246 e. The van der Waals surface area contributed by atoms with Crippen molar-refractivity contribution in [1.29, 1.82) is 0 Å². The average molecular weight is 1470 g/mol. The lowest BCUT2D eigenvalue weighted by molar-refractivity contribution is -0.292. The maximum absolute atomic E-state index is 15.4. The second-order valence-electron chi connectivity index (χ2n) is 27.9. The summed E-state index contributed by atoms with van der Waals surface area (Å²) in [7, 11) is 1.21. The van der Waals surface area contributed by atoms with Crippen molar-refractivity contribution in [2.75, 3.05) is 20.2 Å². The molecule has 3 saturated heterocycles. The Balaban J connectivity index is 1.23. The van der Waals surface area contributed by atoms with E-state index in [0.717, 1.165) is 0 Å². The lowest BCUT2D eigenvalue weighted by atomic mass is 9.97. The predicted molar refractivity (Wildman–Crippen MR) is 383 cm³/mol. The van der Waals surface area contributed by atoms with Crippen molar-refractivity contribution in [2.45, 2.75) is 196 Å². The molecule has 1 aromatic heterocycles. The van der Waals surface area contributed by atoms with Crippen LogP contribution in [0.2, 0.25) is 0 Å². The van der Waals surface area contributed by atoms with Gasteiger partial charge in [-0.2, -0.15) is 0 Å². The Bertz CT molecular complexity index is 3810. The quantitative estimate of drug-likeness (QED) is 0.0373. The lowest BCUT2D eigenvalue weighted by Gasteiger charge is -2.39. The lowest BCUT2D eigenvalue weighted by Crippen LogP contribution is -2.63. The minimum atomic E-state index is -1.95. The first kappa shape index (κ1) is 81.4. The predicted octanol–water partition coefficient (Wildman–Crippen LogP) is -2.12. The molecule has 32 nitrogen and oxygen atoms in total. The first-order valence-electron chi connectivity index (χ1n) is 35.7. The van der Waals surface area contributed by atoms with Crippen molar-refractivity contribution < 1.29 is 82.6 Å². The van der Waals surface area contributed by atoms with Gasteiger partial charge >= 0.3 is 0 Å². The number of carbonyl (C=O) groups is 11. The molecular formula is C74H99N15O17. The van der Waals surface area contributed by atoms with E-state index in [4.69, 9.17) is 20.9 Å². The number of ether oxygens (including phenoxy) is 2. The van der Waals surface area contributed by atoms with Gasteiger partial charge in [-0.25, -0.2) is 4.68 Å². The number of phenols is 1. The monoisotopic (exact) mass is 1470 g/mol. The number of aromatic nitrogens is 3. The van der Waals surface area contributed by atoms with Gasteiger partial charge in [0.25, 0.3) is 0 Å². The van der Waals surface area contributed by atoms with E-state index in [2.05, 4.69) is 58.2 Å². The summed E-state index contributed by atoms with van der Waals surface area (Å²) in [4.78, 5) is 166. The third-order valence-corrected chi connectivity index (χ3v) is 18.9. The molecular weight excluding hydrogens is 1370 g/mol. The number of fused-ring (bicyclic) bond motifs is 1. The summed E-state index contributed by atoms with van der Waals surface area (Å²) in [5, 5.41) is 75.3. The number of methoxy groups -OCH3 is 1. The van der Waals surface area contributed by atoms with Crippen LogP contribution < -0.4 is 59.3 Å². The normalized spacial score (nSPS) is 27.1. The fraction of sp³-hybridized carbons (Fsp3) is 0.500. The molecule has 1 unspecified atom stereocenters. The van der Waals surface area contributed by atoms with Crippen LogP contribution in [-0.2, 0) is 101 Å². The van der Waals surface area contributed by atoms with Crippen molar-refractivity contribution in [1.82, 2.24) is 67.7 Å². The highest BCUT2D eigenvalue weighted by Gasteiger charge is 2.46. The highest BCUT2D eigenvalue weighted by atomic mass is 16.7. The van der Waals surface area contributed by atoms with Crippen LogP contribution in [0.4, 0.5) is 0 Å². The number of aromatic hydroxyl groups is 1. The van der Waals surface area contributed by atoms with Crippen LogP contribution in [0.5, 0.6) is 5.75 Å². The van der Waals surface area contributed by atoms with Crippen LogP contribution in [0, 0.1) is 17.8 Å². The van der Waals surface area contributed by atoms with E-state index in [9.17, 15) is 39.6 Å². The Kier molecular flexibility index (Phi) is 29.7. The molecule has 8 rings (SSSR count). The van der Waals surface area contributed by atoms with E-state index in [0.29, 0.717) is 28.7 Å². The second-order valence-corrected chi connectivity index (χ2v) is 27.9. The topological polar surface area (TPSA) is 481 Å². The molecule has 3 fully saturated rings. The zero-order valence-electron chi connectivity index (χ0n) is 60.2. The Labute approximate surface area is 614 Å². The van der Waals surface area contributed by atoms with E-state index < -0.39 is 174 Å². The fourth-order valence-electron chi connectivity index (χ4n) is 12.9. The van der Waals surface area contributed by atoms with Crippen LogP contribution >= 0.6 is 0 Å². The number of hydrogen-bond acceptors (Lipinski definition) is 20. The van der Waals surface area contributed by atoms with Gasteiger partial charge in [-0.05, 0) is 84.9 Å². The van der Waals surface area contributed by atoms with Gasteiger partial charge in [-0.15, -0.1) is 5.10 Å². The number of rotatable bonds is 21. The largest absolute Gasteiger partial charge is 0.508 e. The van der Waals surface area contributed by atoms with Crippen LogP contribution in [0.15, 0.2) is 121 Å². The highest BCUT2D eigenvalue weighted by Crippen LogP contribution is 2.25. The van der Waals surface area contributed by atoms with Gasteiger partial charge in [0.05, 0.1) is 18.2 Å². The molecule has 17 N–H and O–H groups in total. The van der Waals surface area contributed by atoms with Crippen molar-refractivity contribution in [3.05, 3.63) is 149 Å². The van der Waals surface area contributed by atoms with E-state index in [1.807, 2.05) is 13.8 Å². The van der Waals surface area contributed by atoms with E-state index in [1.165, 1.54) is 54.1 Å². The summed E-state index contributed by atoms with van der Waals surface area (Å²) in [6, 6.07) is 16.2. The number of nitrogens with zero attached hydrogens (tertiary/aromatic N) is 4. The Morgan fingerprint density at radius 2 is 0.991 bits per heavy atom. The third-order valence-electron chi connectivity index (χ3n) is 18.9. The summed E-state index contributed by atoms with van der Waals surface area (Å²) in [5.41, 5.74) is 13.9. The second kappa shape index (κ2) is 38.7. The summed E-state index contributed by atoms with van der Waals surface area (Å²) >= 11 is 0. The molecule has 4 aromatic carbocycles. The smallest absolute Gasteiger partial charge is 0.246 e. The highest BCUT2D eigenvalue weighted by molar-refractivity contribution is 6.01. The van der Waals surface area contributed by atoms with Crippen LogP contribution in [0.3, 0.4) is 0 Å². The van der Waals surface area contributed by atoms with Gasteiger partial charge in [0.15, 0.2) is 6.29 Å². The number of aliphatic hydroxyl groups is 3. The number of benzene rings is 4. The zero-order valence-corrected chi connectivity index (χ0v) is 60.2. The molecule has 572 valence electrons. The first-order chi connectivity index (χ1) is 50.6. The summed E-state index contributed by atoms with van der Waals surface area (Å²) in [6.07, 6.45) is -7.10. The van der Waals surface area contributed by atoms with Gasteiger partial charge in [0.1, 0.15) is 90.6 Å². The fourth-order valence-corrected chi connectivity index (χ4v) is 12.9. The van der Waals surface area contributed by atoms with Gasteiger partial charge in [0, 0.05) is 52.0 Å². The molecule has 5 aromatic rings. The first-order valence-corrected chi connectivity index (χ1v) is 35.7. The number of hydrogen-bond donors (Lipinski definition) is 15.